The van der Waals surface area contributed by atoms with Crippen LogP contribution in [0.25, 0.3) is 11.3 Å². The maximum Gasteiger partial charge on any atom is 0.255 e. The lowest BCUT2D eigenvalue weighted by Gasteiger charge is -2.23. The second-order valence-corrected chi connectivity index (χ2v) is 8.58. The molecule has 0 aliphatic carbocycles. The second kappa shape index (κ2) is 9.38. The Morgan fingerprint density at radius 2 is 2.00 bits per heavy atom. The third kappa shape index (κ3) is 4.44. The number of aliphatic hydroxyl groups excluding tert-OH is 1. The quantitative estimate of drug-likeness (QED) is 0.502. The zero-order chi connectivity index (χ0) is 24.5. The molecule has 0 bridgehead atoms. The first-order chi connectivity index (χ1) is 16.9. The van der Waals surface area contributed by atoms with E-state index in [1.807, 2.05) is 0 Å². The Bertz CT molecular complexity index is 1280. The number of amides is 2. The summed E-state index contributed by atoms with van der Waals surface area (Å²) in [6.07, 6.45) is 3.39. The number of anilines is 2. The Kier molecular flexibility index (Phi) is 6.12. The van der Waals surface area contributed by atoms with Gasteiger partial charge >= 0.3 is 0 Å². The van der Waals surface area contributed by atoms with Gasteiger partial charge in [-0.15, -0.1) is 0 Å². The topological polar surface area (TPSA) is 107 Å². The van der Waals surface area contributed by atoms with Crippen molar-refractivity contribution in [3.8, 4) is 11.3 Å². The van der Waals surface area contributed by atoms with Gasteiger partial charge in [-0.05, 0) is 42.7 Å². The molecule has 3 N–H and O–H groups in total. The predicted octanol–water partition coefficient (Wildman–Crippen LogP) is 2.93. The molecule has 180 valence electrons. The molecule has 3 aromatic rings. The summed E-state index contributed by atoms with van der Waals surface area (Å²) in [5.41, 5.74) is 1.48. The number of carbonyl (C=O) groups excluding carboxylic acids is 2. The van der Waals surface area contributed by atoms with Crippen molar-refractivity contribution in [2.24, 2.45) is 0 Å². The van der Waals surface area contributed by atoms with E-state index in [0.29, 0.717) is 29.3 Å². The first-order valence-electron chi connectivity index (χ1n) is 11.3. The van der Waals surface area contributed by atoms with E-state index < -0.39 is 11.6 Å². The van der Waals surface area contributed by atoms with E-state index in [0.717, 1.165) is 25.0 Å². The molecule has 0 radical (unpaired) electrons. The van der Waals surface area contributed by atoms with E-state index >= 15 is 0 Å². The van der Waals surface area contributed by atoms with Gasteiger partial charge in [0.25, 0.3) is 5.91 Å². The molecule has 4 heterocycles. The summed E-state index contributed by atoms with van der Waals surface area (Å²) in [6, 6.07) is 8.27. The molecular weight excluding hydrogens is 456 g/mol. The third-order valence-corrected chi connectivity index (χ3v) is 6.31. The number of halogens is 2. The molecule has 2 amide bonds. The average Bonchev–Trinajstić information content (AvgIpc) is 3.47. The van der Waals surface area contributed by atoms with Gasteiger partial charge in [0.2, 0.25) is 5.91 Å². The lowest BCUT2D eigenvalue weighted by atomic mass is 10.1. The number of nitrogens with zero attached hydrogens (tertiary/aromatic N) is 3. The Hall–Kier alpha value is -3.92. The molecular formula is C25H23F2N5O3. The highest BCUT2D eigenvalue weighted by molar-refractivity contribution is 6.04. The lowest BCUT2D eigenvalue weighted by molar-refractivity contribution is -0.132. The molecule has 0 saturated carbocycles. The van der Waals surface area contributed by atoms with Crippen molar-refractivity contribution < 1.29 is 23.5 Å². The van der Waals surface area contributed by atoms with Crippen LogP contribution in [-0.4, -0.2) is 51.0 Å². The van der Waals surface area contributed by atoms with Crippen LogP contribution in [0.2, 0.25) is 0 Å². The summed E-state index contributed by atoms with van der Waals surface area (Å²) in [7, 11) is 0. The fraction of sp³-hybridized carbons (Fsp3) is 0.280. The maximum absolute atomic E-state index is 14.4. The Morgan fingerprint density at radius 1 is 1.20 bits per heavy atom. The van der Waals surface area contributed by atoms with Gasteiger partial charge < -0.3 is 20.6 Å². The molecule has 0 spiro atoms. The predicted molar refractivity (Wildman–Crippen MR) is 124 cm³/mol. The van der Waals surface area contributed by atoms with Gasteiger partial charge in [-0.25, -0.2) is 18.7 Å². The van der Waals surface area contributed by atoms with Crippen molar-refractivity contribution >= 4 is 23.3 Å². The van der Waals surface area contributed by atoms with Crippen molar-refractivity contribution in [3.05, 3.63) is 71.1 Å². The number of hydrogen-bond acceptors (Lipinski definition) is 6. The smallest absolute Gasteiger partial charge is 0.255 e. The number of pyridine rings is 2. The lowest BCUT2D eigenvalue weighted by Crippen LogP contribution is -2.38. The van der Waals surface area contributed by atoms with E-state index in [4.69, 9.17) is 0 Å². The van der Waals surface area contributed by atoms with E-state index in [1.54, 1.807) is 23.2 Å². The highest BCUT2D eigenvalue weighted by Crippen LogP contribution is 2.33. The fourth-order valence-electron chi connectivity index (χ4n) is 4.57. The van der Waals surface area contributed by atoms with Gasteiger partial charge in [0.15, 0.2) is 0 Å². The number of hydrogen-bond donors (Lipinski definition) is 3. The SMILES string of the molecule is O=C1NCc2nc(-c3c(F)cccc3F)cc(Nc3ccc(CC(=O)N4CCCC4CO)cn3)c21. The molecule has 1 saturated heterocycles. The number of aliphatic hydroxyl groups is 1. The van der Waals surface area contributed by atoms with Crippen LogP contribution in [0.4, 0.5) is 20.3 Å². The van der Waals surface area contributed by atoms with Crippen LogP contribution in [0.15, 0.2) is 42.6 Å². The molecule has 1 fully saturated rings. The van der Waals surface area contributed by atoms with Crippen molar-refractivity contribution in [2.45, 2.75) is 31.8 Å². The minimum Gasteiger partial charge on any atom is -0.394 e. The number of likely N-dealkylation sites (tertiary alicyclic amines) is 1. The van der Waals surface area contributed by atoms with Crippen LogP contribution < -0.4 is 10.6 Å². The minimum absolute atomic E-state index is 0.0462. The van der Waals surface area contributed by atoms with Gasteiger partial charge in [-0.2, -0.15) is 0 Å². The Morgan fingerprint density at radius 3 is 2.71 bits per heavy atom. The van der Waals surface area contributed by atoms with Crippen molar-refractivity contribution in [2.75, 3.05) is 18.5 Å². The number of rotatable bonds is 6. The van der Waals surface area contributed by atoms with Crippen LogP contribution in [0.3, 0.4) is 0 Å². The summed E-state index contributed by atoms with van der Waals surface area (Å²) in [6.45, 7) is 0.735. The normalized spacial score (nSPS) is 16.8. The van der Waals surface area contributed by atoms with E-state index in [9.17, 15) is 23.5 Å². The Labute approximate surface area is 200 Å². The van der Waals surface area contributed by atoms with Crippen molar-refractivity contribution in [1.82, 2.24) is 20.2 Å². The number of fused-ring (bicyclic) bond motifs is 1. The number of nitrogens with one attached hydrogen (secondary N) is 2. The van der Waals surface area contributed by atoms with Gasteiger partial charge in [-0.3, -0.25) is 9.59 Å². The van der Waals surface area contributed by atoms with Crippen LogP contribution in [0.5, 0.6) is 0 Å². The first kappa shape index (κ1) is 22.9. The highest BCUT2D eigenvalue weighted by atomic mass is 19.1. The molecule has 2 aliphatic heterocycles. The minimum atomic E-state index is -0.755. The highest BCUT2D eigenvalue weighted by Gasteiger charge is 2.29. The zero-order valence-electron chi connectivity index (χ0n) is 18.7. The monoisotopic (exact) mass is 479 g/mol. The van der Waals surface area contributed by atoms with E-state index in [-0.39, 0.29) is 54.2 Å². The summed E-state index contributed by atoms with van der Waals surface area (Å²) < 4.78 is 28.8. The zero-order valence-corrected chi connectivity index (χ0v) is 18.7. The van der Waals surface area contributed by atoms with Crippen LogP contribution in [0, 0.1) is 11.6 Å². The molecule has 1 atom stereocenters. The Balaban J connectivity index is 1.39. The summed E-state index contributed by atoms with van der Waals surface area (Å²) in [5, 5.41) is 15.2. The van der Waals surface area contributed by atoms with Crippen LogP contribution >= 0.6 is 0 Å². The molecule has 2 aromatic heterocycles. The van der Waals surface area contributed by atoms with Gasteiger partial charge in [-0.1, -0.05) is 12.1 Å². The largest absolute Gasteiger partial charge is 0.394 e. The molecule has 1 aromatic carbocycles. The van der Waals surface area contributed by atoms with Crippen molar-refractivity contribution in [3.63, 3.8) is 0 Å². The van der Waals surface area contributed by atoms with Gasteiger partial charge in [0, 0.05) is 12.7 Å². The van der Waals surface area contributed by atoms with E-state index in [1.165, 1.54) is 12.1 Å². The van der Waals surface area contributed by atoms with Gasteiger partial charge in [0.05, 0.1) is 53.8 Å². The molecule has 10 heteroatoms. The fourth-order valence-corrected chi connectivity index (χ4v) is 4.57. The summed E-state index contributed by atoms with van der Waals surface area (Å²) in [4.78, 5) is 35.4. The molecule has 8 nitrogen and oxygen atoms in total. The van der Waals surface area contributed by atoms with Crippen LogP contribution in [0.1, 0.15) is 34.5 Å². The maximum atomic E-state index is 14.4. The third-order valence-electron chi connectivity index (χ3n) is 6.31. The van der Waals surface area contributed by atoms with Crippen molar-refractivity contribution in [1.29, 1.82) is 0 Å². The molecule has 1 unspecified atom stereocenters. The first-order valence-corrected chi connectivity index (χ1v) is 11.3. The molecule has 35 heavy (non-hydrogen) atoms. The standard InChI is InChI=1S/C25H23F2N5O3/c26-16-4-1-5-17(27)23(16)18-10-19(24-20(30-18)12-29-25(24)35)31-21-7-6-14(11-28-21)9-22(34)32-8-2-3-15(32)13-33/h1,4-7,10-11,15,33H,2-3,8-9,12-13H2,(H,29,35)(H,28,30,31). The summed E-state index contributed by atoms with van der Waals surface area (Å²) >= 11 is 0. The average molecular weight is 479 g/mol. The molecule has 5 rings (SSSR count). The molecule has 2 aliphatic rings. The van der Waals surface area contributed by atoms with Crippen LogP contribution in [-0.2, 0) is 17.8 Å². The number of benzene rings is 1. The number of aromatic nitrogens is 2. The number of carbonyl (C=O) groups is 2. The second-order valence-electron chi connectivity index (χ2n) is 8.58. The van der Waals surface area contributed by atoms with Gasteiger partial charge in [0.1, 0.15) is 17.5 Å². The summed E-state index contributed by atoms with van der Waals surface area (Å²) in [5.74, 6) is -1.53. The van der Waals surface area contributed by atoms with E-state index in [2.05, 4.69) is 20.6 Å².